The molecule has 2 aromatic rings. The summed E-state index contributed by atoms with van der Waals surface area (Å²) in [6.07, 6.45) is 2.00. The van der Waals surface area contributed by atoms with E-state index < -0.39 is 0 Å². The van der Waals surface area contributed by atoms with Gasteiger partial charge >= 0.3 is 0 Å². The summed E-state index contributed by atoms with van der Waals surface area (Å²) in [5.41, 5.74) is 3.52. The number of halogens is 1. The summed E-state index contributed by atoms with van der Waals surface area (Å²) < 4.78 is 1.53. The average molecular weight is 351 g/mol. The molecule has 0 spiro atoms. The van der Waals surface area contributed by atoms with E-state index in [2.05, 4.69) is 70.9 Å². The Morgan fingerprint density at radius 1 is 1.25 bits per heavy atom. The number of nitrogens with one attached hydrogen (secondary N) is 1. The second-order valence-corrected chi connectivity index (χ2v) is 6.51. The molecule has 0 bridgehead atoms. The van der Waals surface area contributed by atoms with Gasteiger partial charge in [0.1, 0.15) is 10.5 Å². The molecule has 1 heterocycles. The quantitative estimate of drug-likeness (QED) is 0.754. The molecule has 1 aromatic carbocycles. The Hall–Kier alpha value is -1.00. The molecule has 1 aromatic heterocycles. The van der Waals surface area contributed by atoms with Gasteiger partial charge in [0.15, 0.2) is 0 Å². The molecule has 0 fully saturated rings. The second kappa shape index (κ2) is 6.64. The monoisotopic (exact) mass is 350 g/mol. The lowest BCUT2D eigenvalue weighted by molar-refractivity contribution is 0.632. The lowest BCUT2D eigenvalue weighted by Gasteiger charge is -2.11. The predicted molar refractivity (Wildman–Crippen MR) is 90.5 cm³/mol. The first-order valence-electron chi connectivity index (χ1n) is 6.89. The number of aromatic nitrogens is 2. The number of hydrogen-bond donors (Lipinski definition) is 1. The molecule has 0 aliphatic rings. The first-order valence-corrected chi connectivity index (χ1v) is 8.09. The van der Waals surface area contributed by atoms with Gasteiger partial charge in [-0.25, -0.2) is 4.98 Å². The van der Waals surface area contributed by atoms with Crippen molar-refractivity contribution in [1.29, 1.82) is 0 Å². The van der Waals surface area contributed by atoms with E-state index in [9.17, 15) is 0 Å². The molecule has 0 amide bonds. The Balaban J connectivity index is 2.45. The summed E-state index contributed by atoms with van der Waals surface area (Å²) in [6.45, 7) is 6.54. The topological polar surface area (TPSA) is 28.7 Å². The summed E-state index contributed by atoms with van der Waals surface area (Å²) in [6, 6.07) is 8.47. The van der Waals surface area contributed by atoms with E-state index in [1.54, 1.807) is 0 Å². The van der Waals surface area contributed by atoms with Crippen LogP contribution in [0, 0.1) is 10.6 Å². The third kappa shape index (κ3) is 3.55. The van der Waals surface area contributed by atoms with Crippen molar-refractivity contribution in [2.24, 2.45) is 5.92 Å². The predicted octanol–water partition coefficient (Wildman–Crippen LogP) is 5.33. The van der Waals surface area contributed by atoms with Crippen LogP contribution in [0.2, 0.25) is 0 Å². The Morgan fingerprint density at radius 3 is 2.45 bits per heavy atom. The van der Waals surface area contributed by atoms with Crippen molar-refractivity contribution in [3.8, 4) is 11.4 Å². The van der Waals surface area contributed by atoms with E-state index in [1.165, 1.54) is 5.56 Å². The molecule has 2 nitrogen and oxygen atoms in total. The minimum absolute atomic E-state index is 0.565. The van der Waals surface area contributed by atoms with Crippen LogP contribution in [0.15, 0.2) is 28.7 Å². The third-order valence-electron chi connectivity index (χ3n) is 3.18. The number of nitrogens with zero attached hydrogens (tertiary/aromatic N) is 1. The van der Waals surface area contributed by atoms with E-state index >= 15 is 0 Å². The van der Waals surface area contributed by atoms with Gasteiger partial charge in [0.05, 0.1) is 4.47 Å². The lowest BCUT2D eigenvalue weighted by atomic mass is 10.1. The average Bonchev–Trinajstić information content (AvgIpc) is 2.43. The maximum atomic E-state index is 5.35. The molecule has 0 saturated heterocycles. The molecular weight excluding hydrogens is 332 g/mol. The molecule has 1 N–H and O–H groups in total. The maximum Gasteiger partial charge on any atom is 0.144 e. The van der Waals surface area contributed by atoms with Gasteiger partial charge in [0.2, 0.25) is 0 Å². The standard InChI is InChI=1S/C16H19BrN2S/c1-4-11-5-7-12(8-6-11)15-18-13(9-10(2)3)14(17)16(20)19-15/h5-8,10H,4,9H2,1-3H3,(H,18,19,20). The summed E-state index contributed by atoms with van der Waals surface area (Å²) in [7, 11) is 0. The second-order valence-electron chi connectivity index (χ2n) is 5.33. The van der Waals surface area contributed by atoms with Crippen LogP contribution in [-0.4, -0.2) is 9.97 Å². The fourth-order valence-electron chi connectivity index (χ4n) is 2.09. The number of H-pyrrole nitrogens is 1. The van der Waals surface area contributed by atoms with Crippen molar-refractivity contribution >= 4 is 28.1 Å². The first kappa shape index (κ1) is 15.4. The molecule has 2 rings (SSSR count). The molecule has 0 aliphatic heterocycles. The number of aromatic amines is 1. The maximum absolute atomic E-state index is 5.35. The molecule has 0 atom stereocenters. The zero-order valence-corrected chi connectivity index (χ0v) is 14.4. The van der Waals surface area contributed by atoms with Gasteiger partial charge in [0, 0.05) is 11.3 Å². The molecule has 0 aliphatic carbocycles. The smallest absolute Gasteiger partial charge is 0.144 e. The Morgan fingerprint density at radius 2 is 1.90 bits per heavy atom. The zero-order chi connectivity index (χ0) is 14.7. The molecule has 20 heavy (non-hydrogen) atoms. The van der Waals surface area contributed by atoms with Crippen molar-refractivity contribution in [2.75, 3.05) is 0 Å². The lowest BCUT2D eigenvalue weighted by Crippen LogP contribution is -2.02. The molecule has 4 heteroatoms. The van der Waals surface area contributed by atoms with Gasteiger partial charge in [-0.1, -0.05) is 57.3 Å². The molecule has 0 saturated carbocycles. The Labute approximate surface area is 133 Å². The van der Waals surface area contributed by atoms with E-state index in [0.29, 0.717) is 10.6 Å². The van der Waals surface area contributed by atoms with Crippen molar-refractivity contribution in [3.05, 3.63) is 44.6 Å². The van der Waals surface area contributed by atoms with Crippen LogP contribution in [0.5, 0.6) is 0 Å². The third-order valence-corrected chi connectivity index (χ3v) is 4.60. The fraction of sp³-hybridized carbons (Fsp3) is 0.375. The Bertz CT molecular complexity index is 645. The van der Waals surface area contributed by atoms with Crippen LogP contribution >= 0.6 is 28.1 Å². The number of rotatable bonds is 4. The highest BCUT2D eigenvalue weighted by Gasteiger charge is 2.09. The highest BCUT2D eigenvalue weighted by atomic mass is 79.9. The molecule has 106 valence electrons. The Kier molecular flexibility index (Phi) is 5.11. The highest BCUT2D eigenvalue weighted by molar-refractivity contribution is 9.10. The van der Waals surface area contributed by atoms with Gasteiger partial charge < -0.3 is 4.98 Å². The van der Waals surface area contributed by atoms with Crippen molar-refractivity contribution in [1.82, 2.24) is 9.97 Å². The van der Waals surface area contributed by atoms with Crippen molar-refractivity contribution < 1.29 is 0 Å². The zero-order valence-electron chi connectivity index (χ0n) is 12.0. The number of benzene rings is 1. The van der Waals surface area contributed by atoms with Crippen LogP contribution in [-0.2, 0) is 12.8 Å². The number of aryl methyl sites for hydroxylation is 1. The number of hydrogen-bond acceptors (Lipinski definition) is 2. The van der Waals surface area contributed by atoms with Crippen LogP contribution < -0.4 is 0 Å². The van der Waals surface area contributed by atoms with Gasteiger partial charge in [-0.3, -0.25) is 0 Å². The van der Waals surface area contributed by atoms with E-state index in [-0.39, 0.29) is 0 Å². The van der Waals surface area contributed by atoms with Crippen LogP contribution in [0.25, 0.3) is 11.4 Å². The normalized spacial score (nSPS) is 11.1. The SMILES string of the molecule is CCc1ccc(-c2nc(=S)c(Br)c(CC(C)C)[nH]2)cc1. The van der Waals surface area contributed by atoms with Gasteiger partial charge in [-0.05, 0) is 40.3 Å². The van der Waals surface area contributed by atoms with E-state index in [0.717, 1.165) is 34.4 Å². The minimum Gasteiger partial charge on any atom is -0.342 e. The largest absolute Gasteiger partial charge is 0.342 e. The molecule has 0 radical (unpaired) electrons. The highest BCUT2D eigenvalue weighted by Crippen LogP contribution is 2.23. The van der Waals surface area contributed by atoms with E-state index in [4.69, 9.17) is 12.2 Å². The molecule has 0 unspecified atom stereocenters. The summed E-state index contributed by atoms with van der Waals surface area (Å²) in [4.78, 5) is 7.89. The van der Waals surface area contributed by atoms with Crippen molar-refractivity contribution in [2.45, 2.75) is 33.6 Å². The van der Waals surface area contributed by atoms with Crippen LogP contribution in [0.3, 0.4) is 0 Å². The first-order chi connectivity index (χ1) is 9.51. The van der Waals surface area contributed by atoms with Gasteiger partial charge in [-0.2, -0.15) is 0 Å². The summed E-state index contributed by atoms with van der Waals surface area (Å²) in [5.74, 6) is 1.41. The van der Waals surface area contributed by atoms with Crippen molar-refractivity contribution in [3.63, 3.8) is 0 Å². The summed E-state index contributed by atoms with van der Waals surface area (Å²) in [5, 5.41) is 0. The van der Waals surface area contributed by atoms with Gasteiger partial charge in [0.25, 0.3) is 0 Å². The minimum atomic E-state index is 0.565. The summed E-state index contributed by atoms with van der Waals surface area (Å²) >= 11 is 8.89. The fourth-order valence-corrected chi connectivity index (χ4v) is 2.65. The van der Waals surface area contributed by atoms with Crippen LogP contribution in [0.1, 0.15) is 32.0 Å². The van der Waals surface area contributed by atoms with Crippen LogP contribution in [0.4, 0.5) is 0 Å². The van der Waals surface area contributed by atoms with E-state index in [1.807, 2.05) is 0 Å². The molecular formula is C16H19BrN2S. The van der Waals surface area contributed by atoms with Gasteiger partial charge in [-0.15, -0.1) is 0 Å².